The number of nitrogens with zero attached hydrogens (tertiary/aromatic N) is 4. The molecule has 6 nitrogen and oxygen atoms in total. The predicted octanol–water partition coefficient (Wildman–Crippen LogP) is 10.9. The Labute approximate surface area is 274 Å². The van der Waals surface area contributed by atoms with Gasteiger partial charge in [0.1, 0.15) is 28.0 Å². The zero-order valence-corrected chi connectivity index (χ0v) is 25.5. The quantitative estimate of drug-likeness (QED) is 0.196. The number of rotatable bonds is 4. The highest BCUT2D eigenvalue weighted by molar-refractivity contribution is 6.13. The van der Waals surface area contributed by atoms with Gasteiger partial charge in [-0.25, -0.2) is 19.9 Å². The Kier molecular flexibility index (Phi) is 5.77. The van der Waals surface area contributed by atoms with E-state index in [1.165, 1.54) is 5.39 Å². The number of aromatic nitrogens is 4. The first-order valence-electron chi connectivity index (χ1n) is 15.8. The van der Waals surface area contributed by atoms with Crippen molar-refractivity contribution in [3.63, 3.8) is 0 Å². The molecule has 0 saturated heterocycles. The van der Waals surface area contributed by atoms with Gasteiger partial charge in [0.25, 0.3) is 0 Å². The number of pyridine rings is 1. The van der Waals surface area contributed by atoms with E-state index in [1.54, 1.807) is 0 Å². The van der Waals surface area contributed by atoms with Crippen LogP contribution >= 0.6 is 0 Å². The largest absolute Gasteiger partial charge is 0.456 e. The molecule has 0 saturated carbocycles. The molecule has 0 atom stereocenters. The van der Waals surface area contributed by atoms with Crippen LogP contribution in [0.5, 0.6) is 0 Å². The molecule has 0 bridgehead atoms. The smallest absolute Gasteiger partial charge is 0.183 e. The van der Waals surface area contributed by atoms with Gasteiger partial charge in [0.2, 0.25) is 0 Å². The highest BCUT2D eigenvalue weighted by Gasteiger charge is 2.22. The van der Waals surface area contributed by atoms with Gasteiger partial charge in [-0.1, -0.05) is 115 Å². The highest BCUT2D eigenvalue weighted by Crippen LogP contribution is 2.40. The van der Waals surface area contributed by atoms with Gasteiger partial charge in [-0.2, -0.15) is 0 Å². The highest BCUT2D eigenvalue weighted by atomic mass is 16.3. The van der Waals surface area contributed by atoms with E-state index in [0.717, 1.165) is 71.6 Å². The average molecular weight is 617 g/mol. The number of para-hydroxylation sites is 2. The summed E-state index contributed by atoms with van der Waals surface area (Å²) in [5.41, 5.74) is 7.20. The Hall–Kier alpha value is -6.66. The van der Waals surface area contributed by atoms with Gasteiger partial charge in [0.15, 0.2) is 17.5 Å². The van der Waals surface area contributed by atoms with Crippen LogP contribution in [-0.4, -0.2) is 19.9 Å². The van der Waals surface area contributed by atoms with Crippen LogP contribution in [0.2, 0.25) is 0 Å². The molecule has 0 spiro atoms. The van der Waals surface area contributed by atoms with Crippen LogP contribution in [0.3, 0.4) is 0 Å². The fourth-order valence-electron chi connectivity index (χ4n) is 6.68. The van der Waals surface area contributed by atoms with Crippen LogP contribution in [0, 0.1) is 0 Å². The van der Waals surface area contributed by atoms with Crippen molar-refractivity contribution >= 4 is 54.6 Å². The molecule has 48 heavy (non-hydrogen) atoms. The van der Waals surface area contributed by atoms with Crippen molar-refractivity contribution in [1.82, 2.24) is 19.9 Å². The minimum absolute atomic E-state index is 0.461. The third kappa shape index (κ3) is 4.20. The van der Waals surface area contributed by atoms with Crippen molar-refractivity contribution in [2.45, 2.75) is 0 Å². The molecule has 4 aromatic heterocycles. The summed E-state index contributed by atoms with van der Waals surface area (Å²) in [5.74, 6) is 1.55. The first-order valence-corrected chi connectivity index (χ1v) is 15.8. The molecule has 4 heterocycles. The van der Waals surface area contributed by atoms with Gasteiger partial charge in [0.05, 0.1) is 11.1 Å². The number of fused-ring (bicyclic) bond motifs is 7. The second kappa shape index (κ2) is 10.4. The van der Waals surface area contributed by atoms with E-state index >= 15 is 0 Å². The predicted molar refractivity (Wildman–Crippen MR) is 191 cm³/mol. The summed E-state index contributed by atoms with van der Waals surface area (Å²) in [4.78, 5) is 20.7. The molecular weight excluding hydrogens is 592 g/mol. The van der Waals surface area contributed by atoms with Crippen LogP contribution in [0.15, 0.2) is 154 Å². The lowest BCUT2D eigenvalue weighted by molar-refractivity contribution is 0.668. The molecule has 0 aliphatic carbocycles. The molecule has 10 rings (SSSR count). The second-order valence-corrected chi connectivity index (χ2v) is 11.8. The summed E-state index contributed by atoms with van der Waals surface area (Å²) < 4.78 is 12.7. The van der Waals surface area contributed by atoms with E-state index in [1.807, 2.05) is 97.1 Å². The van der Waals surface area contributed by atoms with Gasteiger partial charge >= 0.3 is 0 Å². The molecule has 0 aliphatic heterocycles. The number of hydrogen-bond donors (Lipinski definition) is 0. The summed E-state index contributed by atoms with van der Waals surface area (Å²) in [6.07, 6.45) is 0. The molecule has 6 aromatic carbocycles. The van der Waals surface area contributed by atoms with E-state index in [4.69, 9.17) is 28.8 Å². The van der Waals surface area contributed by atoms with Crippen molar-refractivity contribution in [2.24, 2.45) is 0 Å². The maximum Gasteiger partial charge on any atom is 0.183 e. The third-order valence-corrected chi connectivity index (χ3v) is 8.93. The molecule has 10 aromatic rings. The molecule has 0 radical (unpaired) electrons. The number of benzene rings is 6. The summed E-state index contributed by atoms with van der Waals surface area (Å²) in [6.45, 7) is 0. The minimum Gasteiger partial charge on any atom is -0.456 e. The van der Waals surface area contributed by atoms with E-state index in [-0.39, 0.29) is 0 Å². The molecule has 224 valence electrons. The Bertz CT molecular complexity index is 2850. The van der Waals surface area contributed by atoms with Crippen molar-refractivity contribution in [3.8, 4) is 45.6 Å². The molecule has 0 amide bonds. The lowest BCUT2D eigenvalue weighted by atomic mass is 10.0. The van der Waals surface area contributed by atoms with Crippen molar-refractivity contribution in [2.75, 3.05) is 0 Å². The first kappa shape index (κ1) is 26.5. The van der Waals surface area contributed by atoms with Crippen molar-refractivity contribution in [1.29, 1.82) is 0 Å². The van der Waals surface area contributed by atoms with E-state index in [9.17, 15) is 0 Å². The summed E-state index contributed by atoms with van der Waals surface area (Å²) in [7, 11) is 0. The van der Waals surface area contributed by atoms with Crippen LogP contribution in [-0.2, 0) is 0 Å². The summed E-state index contributed by atoms with van der Waals surface area (Å²) >= 11 is 0. The average Bonchev–Trinajstić information content (AvgIpc) is 3.73. The fraction of sp³-hybridized carbons (Fsp3) is 0. The van der Waals surface area contributed by atoms with E-state index < -0.39 is 0 Å². The number of furan rings is 2. The topological polar surface area (TPSA) is 77.8 Å². The molecule has 0 N–H and O–H groups in total. The van der Waals surface area contributed by atoms with Crippen molar-refractivity contribution in [3.05, 3.63) is 146 Å². The maximum absolute atomic E-state index is 6.47. The van der Waals surface area contributed by atoms with Crippen LogP contribution in [0.4, 0.5) is 0 Å². The lowest BCUT2D eigenvalue weighted by Gasteiger charge is -2.11. The maximum atomic E-state index is 6.47. The molecule has 6 heteroatoms. The molecular formula is C42H24N4O2. The van der Waals surface area contributed by atoms with Crippen LogP contribution in [0.1, 0.15) is 0 Å². The van der Waals surface area contributed by atoms with Gasteiger partial charge in [-0.3, -0.25) is 0 Å². The second-order valence-electron chi connectivity index (χ2n) is 11.8. The monoisotopic (exact) mass is 616 g/mol. The summed E-state index contributed by atoms with van der Waals surface area (Å²) in [5, 5.41) is 6.08. The minimum atomic E-state index is 0.461. The van der Waals surface area contributed by atoms with Crippen molar-refractivity contribution < 1.29 is 8.83 Å². The van der Waals surface area contributed by atoms with Gasteiger partial charge in [0, 0.05) is 38.9 Å². The zero-order chi connectivity index (χ0) is 31.6. The molecule has 0 fully saturated rings. The van der Waals surface area contributed by atoms with Crippen LogP contribution < -0.4 is 0 Å². The lowest BCUT2D eigenvalue weighted by Crippen LogP contribution is -2.02. The third-order valence-electron chi connectivity index (χ3n) is 8.93. The van der Waals surface area contributed by atoms with Gasteiger partial charge < -0.3 is 8.83 Å². The Morgan fingerprint density at radius 3 is 1.85 bits per heavy atom. The van der Waals surface area contributed by atoms with Crippen LogP contribution in [0.25, 0.3) is 100 Å². The normalized spacial score (nSPS) is 11.8. The fourth-order valence-corrected chi connectivity index (χ4v) is 6.68. The Morgan fingerprint density at radius 2 is 1.02 bits per heavy atom. The Balaban J connectivity index is 1.29. The van der Waals surface area contributed by atoms with E-state index in [0.29, 0.717) is 23.2 Å². The molecule has 0 unspecified atom stereocenters. The standard InChI is InChI=1S/C42H24N4O2/c1-2-12-26(13-3-1)40-44-41(31-17-10-20-35-37(31)29-15-6-8-18-33(29)47-35)46-42(45-40)39-38-30-16-7-9-19-34(30)48-36(38)24-32(43-39)28-22-21-25-11-4-5-14-27(25)23-28/h1-24H. The first-order chi connectivity index (χ1) is 23.8. The number of hydrogen-bond acceptors (Lipinski definition) is 6. The SMILES string of the molecule is c1ccc(-c2nc(-c3cccc4oc5ccccc5c34)nc(-c3nc(-c4ccc5ccccc5c4)cc4oc5ccccc5c34)n2)cc1. The van der Waals surface area contributed by atoms with E-state index in [2.05, 4.69) is 48.5 Å². The summed E-state index contributed by atoms with van der Waals surface area (Å²) in [6, 6.07) is 48.8. The molecule has 0 aliphatic rings. The van der Waals surface area contributed by atoms with Gasteiger partial charge in [-0.15, -0.1) is 0 Å². The Morgan fingerprint density at radius 1 is 0.375 bits per heavy atom. The zero-order valence-electron chi connectivity index (χ0n) is 25.5. The van der Waals surface area contributed by atoms with Gasteiger partial charge in [-0.05, 0) is 35.0 Å².